The lowest BCUT2D eigenvalue weighted by molar-refractivity contribution is -0.113. The van der Waals surface area contributed by atoms with E-state index in [1.165, 1.54) is 16.6 Å². The minimum atomic E-state index is -0.373. The number of anilines is 1. The van der Waals surface area contributed by atoms with Gasteiger partial charge in [-0.05, 0) is 36.8 Å². The highest BCUT2D eigenvalue weighted by atomic mass is 32.1. The van der Waals surface area contributed by atoms with Crippen LogP contribution in [0.3, 0.4) is 0 Å². The maximum atomic E-state index is 13.1. The monoisotopic (exact) mass is 406 g/mol. The van der Waals surface area contributed by atoms with E-state index in [1.54, 1.807) is 17.0 Å². The van der Waals surface area contributed by atoms with Gasteiger partial charge in [0, 0.05) is 17.7 Å². The predicted molar refractivity (Wildman–Crippen MR) is 109 cm³/mol. The Hall–Kier alpha value is -3.39. The van der Waals surface area contributed by atoms with Gasteiger partial charge in [0.1, 0.15) is 10.3 Å². The number of benzene rings is 2. The van der Waals surface area contributed by atoms with Crippen LogP contribution in [0.2, 0.25) is 0 Å². The zero-order valence-electron chi connectivity index (χ0n) is 15.4. The molecule has 0 atom stereocenters. The first-order valence-electron chi connectivity index (χ1n) is 9.19. The number of fused-ring (bicyclic) bond motifs is 2. The van der Waals surface area contributed by atoms with E-state index >= 15 is 0 Å². The number of aromatic nitrogens is 3. The van der Waals surface area contributed by atoms with Gasteiger partial charge in [-0.25, -0.2) is 4.39 Å². The molecular formula is C21H15FN4O2S. The fourth-order valence-electron chi connectivity index (χ4n) is 3.55. The number of halogens is 1. The summed E-state index contributed by atoms with van der Waals surface area (Å²) >= 11 is 1.15. The highest BCUT2D eigenvalue weighted by Gasteiger charge is 2.33. The van der Waals surface area contributed by atoms with Crippen molar-refractivity contribution in [3.8, 4) is 11.4 Å². The van der Waals surface area contributed by atoms with Crippen molar-refractivity contribution in [2.75, 3.05) is 11.4 Å². The standard InChI is InChI=1S/C21H15FN4O2S/c1-2-11-25-15-6-4-3-5-14(15)16(19(25)27)17-20(28)26-21(29-17)23-18(24-26)12-7-9-13(22)10-8-12/h3-10H,2,11H2,1H3. The molecule has 4 aromatic rings. The molecule has 0 N–H and O–H groups in total. The van der Waals surface area contributed by atoms with E-state index in [9.17, 15) is 14.0 Å². The summed E-state index contributed by atoms with van der Waals surface area (Å²) in [7, 11) is 0. The molecule has 0 bridgehead atoms. The van der Waals surface area contributed by atoms with E-state index in [1.807, 2.05) is 31.2 Å². The molecule has 1 aliphatic rings. The Balaban J connectivity index is 1.71. The lowest BCUT2D eigenvalue weighted by Gasteiger charge is -2.15. The van der Waals surface area contributed by atoms with Gasteiger partial charge in [0.15, 0.2) is 5.82 Å². The van der Waals surface area contributed by atoms with E-state index in [2.05, 4.69) is 10.1 Å². The SMILES string of the molecule is CCCN1C(=O)C(=c2sc3nc(-c4ccc(F)cc4)nn3c2=O)c2ccccc21. The van der Waals surface area contributed by atoms with Crippen LogP contribution in [0.15, 0.2) is 53.3 Å². The second-order valence-corrected chi connectivity index (χ2v) is 7.70. The number of nitrogens with zero attached hydrogens (tertiary/aromatic N) is 4. The summed E-state index contributed by atoms with van der Waals surface area (Å²) in [6.07, 6.45) is 0.813. The zero-order chi connectivity index (χ0) is 20.1. The molecule has 1 aliphatic heterocycles. The Kier molecular flexibility index (Phi) is 4.02. The van der Waals surface area contributed by atoms with Gasteiger partial charge in [0.25, 0.3) is 11.5 Å². The summed E-state index contributed by atoms with van der Waals surface area (Å²) < 4.78 is 14.7. The van der Waals surface area contributed by atoms with Crippen molar-refractivity contribution >= 4 is 33.5 Å². The molecule has 2 aromatic heterocycles. The molecule has 0 unspecified atom stereocenters. The van der Waals surface area contributed by atoms with Crippen molar-refractivity contribution < 1.29 is 9.18 Å². The molecule has 144 valence electrons. The second-order valence-electron chi connectivity index (χ2n) is 6.72. The van der Waals surface area contributed by atoms with Crippen molar-refractivity contribution in [2.45, 2.75) is 13.3 Å². The Bertz CT molecular complexity index is 1370. The third-order valence-electron chi connectivity index (χ3n) is 4.86. The maximum Gasteiger partial charge on any atom is 0.291 e. The first-order valence-corrected chi connectivity index (χ1v) is 10.0. The van der Waals surface area contributed by atoms with Crippen molar-refractivity contribution in [1.82, 2.24) is 14.6 Å². The van der Waals surface area contributed by atoms with Crippen molar-refractivity contribution in [3.05, 3.63) is 74.8 Å². The van der Waals surface area contributed by atoms with E-state index in [0.29, 0.717) is 33.0 Å². The van der Waals surface area contributed by atoms with Crippen molar-refractivity contribution in [3.63, 3.8) is 0 Å². The summed E-state index contributed by atoms with van der Waals surface area (Å²) in [6, 6.07) is 13.3. The lowest BCUT2D eigenvalue weighted by atomic mass is 10.1. The van der Waals surface area contributed by atoms with E-state index < -0.39 is 0 Å². The van der Waals surface area contributed by atoms with Gasteiger partial charge < -0.3 is 4.90 Å². The van der Waals surface area contributed by atoms with Crippen LogP contribution in [0.5, 0.6) is 0 Å². The van der Waals surface area contributed by atoms with Crippen LogP contribution in [0, 0.1) is 5.82 Å². The van der Waals surface area contributed by atoms with Crippen molar-refractivity contribution in [2.24, 2.45) is 0 Å². The van der Waals surface area contributed by atoms with Gasteiger partial charge in [-0.1, -0.05) is 36.5 Å². The number of hydrogen-bond acceptors (Lipinski definition) is 5. The van der Waals surface area contributed by atoms with Gasteiger partial charge in [0.2, 0.25) is 4.96 Å². The van der Waals surface area contributed by atoms with Gasteiger partial charge in [-0.15, -0.1) is 5.10 Å². The Morgan fingerprint density at radius 3 is 2.55 bits per heavy atom. The highest BCUT2D eigenvalue weighted by Crippen LogP contribution is 2.35. The minimum Gasteiger partial charge on any atom is -0.308 e. The molecule has 5 rings (SSSR count). The third-order valence-corrected chi connectivity index (χ3v) is 5.89. The average molecular weight is 406 g/mol. The summed E-state index contributed by atoms with van der Waals surface area (Å²) in [5.74, 6) is -0.183. The number of hydrogen-bond donors (Lipinski definition) is 0. The molecule has 0 saturated heterocycles. The van der Waals surface area contributed by atoms with Crippen LogP contribution in [0.25, 0.3) is 21.9 Å². The quantitative estimate of drug-likeness (QED) is 0.525. The molecule has 6 nitrogen and oxygen atoms in total. The number of carbonyl (C=O) groups excluding carboxylic acids is 1. The molecule has 0 spiro atoms. The summed E-state index contributed by atoms with van der Waals surface area (Å²) in [5, 5.41) is 4.28. The molecule has 29 heavy (non-hydrogen) atoms. The minimum absolute atomic E-state index is 0.173. The molecule has 1 amide bonds. The van der Waals surface area contributed by atoms with E-state index in [-0.39, 0.29) is 17.3 Å². The van der Waals surface area contributed by atoms with E-state index in [4.69, 9.17) is 0 Å². The topological polar surface area (TPSA) is 67.6 Å². The molecule has 8 heteroatoms. The number of para-hydroxylation sites is 1. The zero-order valence-corrected chi connectivity index (χ0v) is 16.2. The van der Waals surface area contributed by atoms with Crippen LogP contribution in [0.4, 0.5) is 10.1 Å². The van der Waals surface area contributed by atoms with Crippen LogP contribution < -0.4 is 15.0 Å². The average Bonchev–Trinajstić information content (AvgIpc) is 3.35. The number of thiazole rings is 1. The molecular weight excluding hydrogens is 391 g/mol. The van der Waals surface area contributed by atoms with Gasteiger partial charge in [0.05, 0.1) is 11.3 Å². The summed E-state index contributed by atoms with van der Waals surface area (Å²) in [4.78, 5) is 32.7. The summed E-state index contributed by atoms with van der Waals surface area (Å²) in [5.41, 5.74) is 2.22. The van der Waals surface area contributed by atoms with Crippen LogP contribution >= 0.6 is 11.3 Å². The maximum absolute atomic E-state index is 13.1. The third kappa shape index (κ3) is 2.67. The highest BCUT2D eigenvalue weighted by molar-refractivity contribution is 7.15. The van der Waals surface area contributed by atoms with Gasteiger partial charge in [-0.3, -0.25) is 9.59 Å². The first kappa shape index (κ1) is 17.7. The number of carbonyl (C=O) groups is 1. The Morgan fingerprint density at radius 2 is 1.83 bits per heavy atom. The second kappa shape index (κ2) is 6.59. The van der Waals surface area contributed by atoms with Crippen LogP contribution in [-0.4, -0.2) is 27.0 Å². The molecule has 0 radical (unpaired) electrons. The molecule has 0 aliphatic carbocycles. The normalized spacial score (nSPS) is 15.4. The fraction of sp³-hybridized carbons (Fsp3) is 0.143. The number of amides is 1. The lowest BCUT2D eigenvalue weighted by Crippen LogP contribution is -2.32. The Labute approximate surface area is 168 Å². The number of rotatable bonds is 3. The molecule has 0 saturated carbocycles. The molecule has 0 fully saturated rings. The van der Waals surface area contributed by atoms with Crippen molar-refractivity contribution in [1.29, 1.82) is 0 Å². The van der Waals surface area contributed by atoms with Gasteiger partial charge in [-0.2, -0.15) is 9.50 Å². The van der Waals surface area contributed by atoms with Crippen LogP contribution in [-0.2, 0) is 4.79 Å². The largest absolute Gasteiger partial charge is 0.308 e. The predicted octanol–water partition coefficient (Wildman–Crippen LogP) is 2.63. The molecule has 3 heterocycles. The summed E-state index contributed by atoms with van der Waals surface area (Å²) in [6.45, 7) is 2.59. The van der Waals surface area contributed by atoms with Gasteiger partial charge >= 0.3 is 0 Å². The molecule has 2 aromatic carbocycles. The van der Waals surface area contributed by atoms with Crippen LogP contribution in [0.1, 0.15) is 18.9 Å². The Morgan fingerprint density at radius 1 is 1.07 bits per heavy atom. The first-order chi connectivity index (χ1) is 14.1. The smallest absolute Gasteiger partial charge is 0.291 e. The fourth-order valence-corrected chi connectivity index (χ4v) is 4.55. The van der Waals surface area contributed by atoms with E-state index in [0.717, 1.165) is 29.0 Å².